The summed E-state index contributed by atoms with van der Waals surface area (Å²) in [5, 5.41) is 3.31. The minimum Gasteiger partial charge on any atom is -0.496 e. The van der Waals surface area contributed by atoms with E-state index in [0.29, 0.717) is 6.42 Å². The molecule has 2 aromatic carbocycles. The van der Waals surface area contributed by atoms with Gasteiger partial charge in [-0.3, -0.25) is 4.79 Å². The zero-order chi connectivity index (χ0) is 20.3. The molecule has 2 aromatic rings. The zero-order valence-corrected chi connectivity index (χ0v) is 17.5. The van der Waals surface area contributed by atoms with Crippen molar-refractivity contribution < 1.29 is 14.3 Å². The van der Waals surface area contributed by atoms with E-state index in [1.165, 1.54) is 19.3 Å². The molecule has 4 heteroatoms. The van der Waals surface area contributed by atoms with Crippen molar-refractivity contribution in [2.75, 3.05) is 7.11 Å². The average molecular weight is 394 g/mol. The van der Waals surface area contributed by atoms with Crippen LogP contribution in [0, 0.1) is 6.92 Å². The Morgan fingerprint density at radius 1 is 1.17 bits per heavy atom. The number of nitrogens with one attached hydrogen (secondary N) is 1. The Morgan fingerprint density at radius 2 is 1.97 bits per heavy atom. The fraction of sp³-hybridized carbons (Fsp3) is 0.480. The van der Waals surface area contributed by atoms with Gasteiger partial charge in [-0.05, 0) is 62.3 Å². The second kappa shape index (κ2) is 8.48. The third-order valence-electron chi connectivity index (χ3n) is 6.40. The van der Waals surface area contributed by atoms with E-state index in [4.69, 9.17) is 9.47 Å². The van der Waals surface area contributed by atoms with Crippen LogP contribution in [0.25, 0.3) is 0 Å². The SMILES string of the molecule is COc1ccc(CCC(=O)N[C@@H]2CC3(CCCCC3)Oc3ccccc32)cc1C. The fourth-order valence-corrected chi connectivity index (χ4v) is 4.87. The van der Waals surface area contributed by atoms with Crippen LogP contribution < -0.4 is 14.8 Å². The van der Waals surface area contributed by atoms with E-state index in [2.05, 4.69) is 17.4 Å². The van der Waals surface area contributed by atoms with Gasteiger partial charge in [0, 0.05) is 18.4 Å². The Bertz CT molecular complexity index is 870. The number of methoxy groups -OCH3 is 1. The highest BCUT2D eigenvalue weighted by molar-refractivity contribution is 5.77. The van der Waals surface area contributed by atoms with E-state index in [1.54, 1.807) is 7.11 Å². The Hall–Kier alpha value is -2.49. The molecule has 29 heavy (non-hydrogen) atoms. The van der Waals surface area contributed by atoms with E-state index in [1.807, 2.05) is 37.3 Å². The highest BCUT2D eigenvalue weighted by atomic mass is 16.5. The molecule has 0 unspecified atom stereocenters. The molecule has 0 saturated heterocycles. The summed E-state index contributed by atoms with van der Waals surface area (Å²) in [7, 11) is 1.68. The highest BCUT2D eigenvalue weighted by Gasteiger charge is 2.42. The van der Waals surface area contributed by atoms with Crippen molar-refractivity contribution in [1.82, 2.24) is 5.32 Å². The second-order valence-electron chi connectivity index (χ2n) is 8.51. The molecule has 1 fully saturated rings. The Labute approximate surface area is 173 Å². The summed E-state index contributed by atoms with van der Waals surface area (Å²) >= 11 is 0. The van der Waals surface area contributed by atoms with Crippen molar-refractivity contribution in [3.8, 4) is 11.5 Å². The van der Waals surface area contributed by atoms with Crippen molar-refractivity contribution >= 4 is 5.91 Å². The number of amides is 1. The number of hydrogen-bond acceptors (Lipinski definition) is 3. The number of carbonyl (C=O) groups excluding carboxylic acids is 1. The van der Waals surface area contributed by atoms with E-state index < -0.39 is 0 Å². The minimum atomic E-state index is -0.113. The molecule has 1 saturated carbocycles. The van der Waals surface area contributed by atoms with Gasteiger partial charge in [-0.15, -0.1) is 0 Å². The number of rotatable bonds is 5. The van der Waals surface area contributed by atoms with Gasteiger partial charge < -0.3 is 14.8 Å². The Morgan fingerprint density at radius 3 is 2.72 bits per heavy atom. The van der Waals surface area contributed by atoms with Crippen molar-refractivity contribution in [2.24, 2.45) is 0 Å². The zero-order valence-electron chi connectivity index (χ0n) is 17.5. The summed E-state index contributed by atoms with van der Waals surface area (Å²) in [6.07, 6.45) is 7.95. The third kappa shape index (κ3) is 4.42. The van der Waals surface area contributed by atoms with Crippen LogP contribution in [-0.2, 0) is 11.2 Å². The van der Waals surface area contributed by atoms with Crippen LogP contribution in [0.1, 0.15) is 67.7 Å². The van der Waals surface area contributed by atoms with Crippen LogP contribution in [0.15, 0.2) is 42.5 Å². The molecule has 1 N–H and O–H groups in total. The van der Waals surface area contributed by atoms with Gasteiger partial charge >= 0.3 is 0 Å². The van der Waals surface area contributed by atoms with Crippen LogP contribution in [0.4, 0.5) is 0 Å². The van der Waals surface area contributed by atoms with Crippen LogP contribution in [0.5, 0.6) is 11.5 Å². The van der Waals surface area contributed by atoms with Crippen molar-refractivity contribution in [1.29, 1.82) is 0 Å². The summed E-state index contributed by atoms with van der Waals surface area (Å²) in [4.78, 5) is 12.8. The first-order valence-corrected chi connectivity index (χ1v) is 10.8. The predicted octanol–water partition coefficient (Wildman–Crippen LogP) is 5.28. The van der Waals surface area contributed by atoms with Gasteiger partial charge in [0.25, 0.3) is 0 Å². The number of aryl methyl sites for hydroxylation is 2. The van der Waals surface area contributed by atoms with Gasteiger partial charge in [-0.1, -0.05) is 36.8 Å². The molecule has 0 bridgehead atoms. The van der Waals surface area contributed by atoms with Gasteiger partial charge in [0.2, 0.25) is 5.91 Å². The topological polar surface area (TPSA) is 47.6 Å². The lowest BCUT2D eigenvalue weighted by atomic mass is 9.77. The number of para-hydroxylation sites is 1. The molecular weight excluding hydrogens is 362 g/mol. The normalized spacial score (nSPS) is 19.9. The number of carbonyl (C=O) groups is 1. The van der Waals surface area contributed by atoms with Gasteiger partial charge in [0.05, 0.1) is 13.2 Å². The standard InChI is InChI=1S/C25H31NO3/c1-18-16-19(10-12-22(18)28-2)11-13-24(27)26-21-17-25(14-6-3-7-15-25)29-23-9-5-4-8-20(21)23/h4-5,8-10,12,16,21H,3,6-7,11,13-15,17H2,1-2H3,(H,26,27)/t21-/m1/s1. The molecule has 2 aliphatic rings. The molecule has 1 aliphatic carbocycles. The highest BCUT2D eigenvalue weighted by Crippen LogP contribution is 2.46. The van der Waals surface area contributed by atoms with Crippen molar-refractivity contribution in [2.45, 2.75) is 69.9 Å². The first-order chi connectivity index (χ1) is 14.1. The van der Waals surface area contributed by atoms with E-state index in [-0.39, 0.29) is 17.6 Å². The first-order valence-electron chi connectivity index (χ1n) is 10.8. The molecule has 1 atom stereocenters. The van der Waals surface area contributed by atoms with E-state index in [9.17, 15) is 4.79 Å². The first kappa shape index (κ1) is 19.8. The van der Waals surface area contributed by atoms with Crippen LogP contribution in [0.3, 0.4) is 0 Å². The Kier molecular flexibility index (Phi) is 5.79. The second-order valence-corrected chi connectivity index (χ2v) is 8.51. The third-order valence-corrected chi connectivity index (χ3v) is 6.40. The largest absolute Gasteiger partial charge is 0.496 e. The average Bonchev–Trinajstić information content (AvgIpc) is 2.73. The maximum Gasteiger partial charge on any atom is 0.220 e. The minimum absolute atomic E-state index is 0.0307. The summed E-state index contributed by atoms with van der Waals surface area (Å²) in [5.41, 5.74) is 3.26. The predicted molar refractivity (Wildman–Crippen MR) is 114 cm³/mol. The molecule has 0 aromatic heterocycles. The molecule has 0 radical (unpaired) electrons. The molecule has 4 nitrogen and oxygen atoms in total. The monoisotopic (exact) mass is 393 g/mol. The fourth-order valence-electron chi connectivity index (χ4n) is 4.87. The van der Waals surface area contributed by atoms with E-state index in [0.717, 1.165) is 53.9 Å². The van der Waals surface area contributed by atoms with Crippen molar-refractivity contribution in [3.63, 3.8) is 0 Å². The molecule has 1 spiro atoms. The van der Waals surface area contributed by atoms with Crippen LogP contribution in [0.2, 0.25) is 0 Å². The van der Waals surface area contributed by atoms with Gasteiger partial charge in [0.15, 0.2) is 0 Å². The smallest absolute Gasteiger partial charge is 0.220 e. The van der Waals surface area contributed by atoms with Crippen LogP contribution >= 0.6 is 0 Å². The van der Waals surface area contributed by atoms with E-state index >= 15 is 0 Å². The lowest BCUT2D eigenvalue weighted by Crippen LogP contribution is -2.46. The molecule has 4 rings (SSSR count). The number of ether oxygens (including phenoxy) is 2. The molecular formula is C25H31NO3. The lowest BCUT2D eigenvalue weighted by molar-refractivity contribution is -0.122. The molecule has 1 amide bonds. The Balaban J connectivity index is 1.43. The molecule has 1 aliphatic heterocycles. The number of hydrogen-bond donors (Lipinski definition) is 1. The quantitative estimate of drug-likeness (QED) is 0.752. The molecule has 1 heterocycles. The maximum absolute atomic E-state index is 12.8. The summed E-state index contributed by atoms with van der Waals surface area (Å²) in [6, 6.07) is 14.3. The van der Waals surface area contributed by atoms with Crippen LogP contribution in [-0.4, -0.2) is 18.6 Å². The lowest BCUT2D eigenvalue weighted by Gasteiger charge is -2.44. The molecule has 154 valence electrons. The summed E-state index contributed by atoms with van der Waals surface area (Å²) in [5.74, 6) is 1.93. The number of benzene rings is 2. The van der Waals surface area contributed by atoms with Gasteiger partial charge in [-0.2, -0.15) is 0 Å². The number of fused-ring (bicyclic) bond motifs is 1. The van der Waals surface area contributed by atoms with Gasteiger partial charge in [-0.25, -0.2) is 0 Å². The summed E-state index contributed by atoms with van der Waals surface area (Å²) in [6.45, 7) is 2.03. The maximum atomic E-state index is 12.8. The van der Waals surface area contributed by atoms with Crippen molar-refractivity contribution in [3.05, 3.63) is 59.2 Å². The van der Waals surface area contributed by atoms with Gasteiger partial charge in [0.1, 0.15) is 17.1 Å². The summed E-state index contributed by atoms with van der Waals surface area (Å²) < 4.78 is 11.8.